The number of benzene rings is 1. The molecule has 0 fully saturated rings. The number of fused-ring (bicyclic) bond motifs is 1. The number of aromatic nitrogens is 2. The first-order chi connectivity index (χ1) is 13.4. The van der Waals surface area contributed by atoms with E-state index in [4.69, 9.17) is 4.74 Å². The maximum atomic E-state index is 12.7. The average Bonchev–Trinajstić information content (AvgIpc) is 2.68. The highest BCUT2D eigenvalue weighted by Crippen LogP contribution is 2.27. The molecule has 1 atom stereocenters. The van der Waals surface area contributed by atoms with Gasteiger partial charge in [-0.3, -0.25) is 14.0 Å². The Hall–Kier alpha value is -3.19. The fraction of sp³-hybridized carbons (Fsp3) is 0.286. The Balaban J connectivity index is 1.85. The number of hydrogen-bond donors (Lipinski definition) is 1. The Labute approximate surface area is 163 Å². The number of amides is 1. The lowest BCUT2D eigenvalue weighted by molar-refractivity contribution is 0.0939. The van der Waals surface area contributed by atoms with Crippen LogP contribution >= 0.6 is 0 Å². The van der Waals surface area contributed by atoms with Crippen LogP contribution < -0.4 is 15.6 Å². The summed E-state index contributed by atoms with van der Waals surface area (Å²) in [7, 11) is 5.48. The van der Waals surface area contributed by atoms with Crippen molar-refractivity contribution in [2.24, 2.45) is 0 Å². The normalized spacial score (nSPS) is 12.2. The highest BCUT2D eigenvalue weighted by molar-refractivity contribution is 5.93. The van der Waals surface area contributed by atoms with Crippen molar-refractivity contribution in [3.63, 3.8) is 0 Å². The molecule has 3 rings (SSSR count). The first-order valence-corrected chi connectivity index (χ1v) is 8.98. The van der Waals surface area contributed by atoms with Crippen molar-refractivity contribution < 1.29 is 9.53 Å². The molecule has 0 aliphatic heterocycles. The van der Waals surface area contributed by atoms with Gasteiger partial charge in [-0.15, -0.1) is 0 Å². The van der Waals surface area contributed by atoms with Crippen molar-refractivity contribution in [2.45, 2.75) is 13.0 Å². The molecular weight excluding hydrogens is 356 g/mol. The van der Waals surface area contributed by atoms with Gasteiger partial charge in [0.2, 0.25) is 0 Å². The molecule has 2 heterocycles. The summed E-state index contributed by atoms with van der Waals surface area (Å²) in [6, 6.07) is 11.2. The van der Waals surface area contributed by atoms with Crippen LogP contribution in [0.1, 0.15) is 27.5 Å². The molecule has 0 spiro atoms. The van der Waals surface area contributed by atoms with E-state index in [0.29, 0.717) is 12.2 Å². The summed E-state index contributed by atoms with van der Waals surface area (Å²) in [5, 5.41) is 2.86. The van der Waals surface area contributed by atoms with Crippen molar-refractivity contribution in [1.29, 1.82) is 0 Å². The van der Waals surface area contributed by atoms with Crippen LogP contribution in [0.5, 0.6) is 5.75 Å². The minimum atomic E-state index is -0.449. The highest BCUT2D eigenvalue weighted by atomic mass is 16.5. The first kappa shape index (κ1) is 19.6. The highest BCUT2D eigenvalue weighted by Gasteiger charge is 2.20. The summed E-state index contributed by atoms with van der Waals surface area (Å²) < 4.78 is 6.84. The van der Waals surface area contributed by atoms with Gasteiger partial charge in [0, 0.05) is 24.5 Å². The molecule has 7 nitrogen and oxygen atoms in total. The number of hydrogen-bond acceptors (Lipinski definition) is 5. The number of likely N-dealkylation sites (N-methyl/N-ethyl adjacent to an activating group) is 1. The van der Waals surface area contributed by atoms with Crippen LogP contribution in [0.4, 0.5) is 0 Å². The van der Waals surface area contributed by atoms with Crippen molar-refractivity contribution in [2.75, 3.05) is 27.7 Å². The largest absolute Gasteiger partial charge is 0.496 e. The van der Waals surface area contributed by atoms with Crippen LogP contribution in [0.2, 0.25) is 0 Å². The van der Waals surface area contributed by atoms with Crippen LogP contribution in [-0.4, -0.2) is 47.9 Å². The van der Waals surface area contributed by atoms with Crippen LogP contribution in [0, 0.1) is 6.92 Å². The van der Waals surface area contributed by atoms with E-state index in [1.807, 2.05) is 56.3 Å². The van der Waals surface area contributed by atoms with Gasteiger partial charge < -0.3 is 15.0 Å². The smallest absolute Gasteiger partial charge is 0.270 e. The number of carbonyl (C=O) groups excluding carboxylic acids is 1. The lowest BCUT2D eigenvalue weighted by atomic mass is 10.0. The Kier molecular flexibility index (Phi) is 5.75. The third-order valence-corrected chi connectivity index (χ3v) is 4.67. The molecule has 0 saturated carbocycles. The molecule has 2 aromatic heterocycles. The topological polar surface area (TPSA) is 75.9 Å². The van der Waals surface area contributed by atoms with Gasteiger partial charge in [0.15, 0.2) is 0 Å². The van der Waals surface area contributed by atoms with Gasteiger partial charge in [0.1, 0.15) is 17.0 Å². The molecule has 0 aliphatic rings. The van der Waals surface area contributed by atoms with E-state index in [1.54, 1.807) is 19.4 Å². The summed E-state index contributed by atoms with van der Waals surface area (Å²) in [5.74, 6) is 0.300. The van der Waals surface area contributed by atoms with Gasteiger partial charge in [-0.2, -0.15) is 0 Å². The predicted octanol–water partition coefficient (Wildman–Crippen LogP) is 2.04. The molecule has 1 unspecified atom stereocenters. The molecule has 7 heteroatoms. The van der Waals surface area contributed by atoms with Crippen molar-refractivity contribution in [3.8, 4) is 5.75 Å². The number of aryl methyl sites for hydroxylation is 1. The van der Waals surface area contributed by atoms with Crippen molar-refractivity contribution >= 4 is 11.6 Å². The monoisotopic (exact) mass is 380 g/mol. The van der Waals surface area contributed by atoms with E-state index < -0.39 is 5.91 Å². The van der Waals surface area contributed by atoms with Gasteiger partial charge >= 0.3 is 0 Å². The van der Waals surface area contributed by atoms with E-state index in [9.17, 15) is 9.59 Å². The first-order valence-electron chi connectivity index (χ1n) is 8.98. The van der Waals surface area contributed by atoms with E-state index in [2.05, 4.69) is 10.3 Å². The zero-order valence-electron chi connectivity index (χ0n) is 16.5. The molecule has 0 bridgehead atoms. The summed E-state index contributed by atoms with van der Waals surface area (Å²) in [4.78, 5) is 31.6. The van der Waals surface area contributed by atoms with Crippen LogP contribution in [0.25, 0.3) is 5.65 Å². The number of methoxy groups -OCH3 is 1. The zero-order chi connectivity index (χ0) is 20.3. The second-order valence-electron chi connectivity index (χ2n) is 6.84. The number of nitrogens with one attached hydrogen (secondary N) is 1. The van der Waals surface area contributed by atoms with Crippen molar-refractivity contribution in [3.05, 3.63) is 75.8 Å². The maximum Gasteiger partial charge on any atom is 0.270 e. The number of nitrogens with zero attached hydrogens (tertiary/aromatic N) is 3. The SMILES string of the molecule is COc1ccccc1C(CNC(=O)c1cnc2ccc(C)cn2c1=O)N(C)C. The summed E-state index contributed by atoms with van der Waals surface area (Å²) in [5.41, 5.74) is 2.01. The maximum absolute atomic E-state index is 12.7. The minimum absolute atomic E-state index is 0.0145. The quantitative estimate of drug-likeness (QED) is 0.708. The molecule has 146 valence electrons. The van der Waals surface area contributed by atoms with E-state index in [0.717, 1.165) is 16.9 Å². The molecule has 0 radical (unpaired) electrons. The molecule has 1 N–H and O–H groups in total. The molecule has 3 aromatic rings. The zero-order valence-corrected chi connectivity index (χ0v) is 16.5. The van der Waals surface area contributed by atoms with Gasteiger partial charge in [-0.1, -0.05) is 24.3 Å². The molecule has 28 heavy (non-hydrogen) atoms. The summed E-state index contributed by atoms with van der Waals surface area (Å²) in [6.07, 6.45) is 3.01. The number of pyridine rings is 1. The third-order valence-electron chi connectivity index (χ3n) is 4.67. The molecule has 1 aromatic carbocycles. The Bertz CT molecular complexity index is 1060. The van der Waals surface area contributed by atoms with Gasteiger partial charge in [-0.05, 0) is 38.7 Å². The van der Waals surface area contributed by atoms with Gasteiger partial charge in [-0.25, -0.2) is 4.98 Å². The average molecular weight is 380 g/mol. The Morgan fingerprint density at radius 3 is 2.71 bits per heavy atom. The van der Waals surface area contributed by atoms with Crippen LogP contribution in [0.15, 0.2) is 53.6 Å². The van der Waals surface area contributed by atoms with Gasteiger partial charge in [0.25, 0.3) is 11.5 Å². The Morgan fingerprint density at radius 2 is 2.00 bits per heavy atom. The molecule has 0 saturated heterocycles. The van der Waals surface area contributed by atoms with Crippen molar-refractivity contribution in [1.82, 2.24) is 19.6 Å². The summed E-state index contributed by atoms with van der Waals surface area (Å²) >= 11 is 0. The minimum Gasteiger partial charge on any atom is -0.496 e. The van der Waals surface area contributed by atoms with Crippen LogP contribution in [-0.2, 0) is 0 Å². The second-order valence-corrected chi connectivity index (χ2v) is 6.84. The fourth-order valence-corrected chi connectivity index (χ4v) is 3.14. The molecule has 0 aliphatic carbocycles. The predicted molar refractivity (Wildman–Crippen MR) is 108 cm³/mol. The lowest BCUT2D eigenvalue weighted by Crippen LogP contribution is -2.37. The summed E-state index contributed by atoms with van der Waals surface area (Å²) in [6.45, 7) is 2.20. The second kappa shape index (κ2) is 8.22. The number of carbonyl (C=O) groups is 1. The number of ether oxygens (including phenoxy) is 1. The van der Waals surface area contributed by atoms with Gasteiger partial charge in [0.05, 0.1) is 13.2 Å². The fourth-order valence-electron chi connectivity index (χ4n) is 3.14. The van der Waals surface area contributed by atoms with E-state index in [1.165, 1.54) is 10.6 Å². The molecule has 1 amide bonds. The number of rotatable bonds is 6. The molecular formula is C21H24N4O3. The van der Waals surface area contributed by atoms with E-state index in [-0.39, 0.29) is 17.2 Å². The van der Waals surface area contributed by atoms with E-state index >= 15 is 0 Å². The third kappa shape index (κ3) is 3.89. The Morgan fingerprint density at radius 1 is 1.25 bits per heavy atom. The van der Waals surface area contributed by atoms with Crippen LogP contribution in [0.3, 0.4) is 0 Å². The standard InChI is InChI=1S/C21H24N4O3/c1-14-9-10-19-22-11-16(21(27)25(19)13-14)20(26)23-12-17(24(2)3)15-7-5-6-8-18(15)28-4/h5-11,13,17H,12H2,1-4H3,(H,23,26). The lowest BCUT2D eigenvalue weighted by Gasteiger charge is -2.26. The number of para-hydroxylation sites is 1.